The normalized spacial score (nSPS) is 11.8. The third-order valence-electron chi connectivity index (χ3n) is 8.60. The Bertz CT molecular complexity index is 2470. The van der Waals surface area contributed by atoms with Gasteiger partial charge in [-0.1, -0.05) is 121 Å². The molecule has 1 heterocycles. The average molecular weight is 552 g/mol. The van der Waals surface area contributed by atoms with E-state index < -0.39 is 0 Å². The quantitative estimate of drug-likeness (QED) is 0.197. The molecule has 0 aliphatic rings. The van der Waals surface area contributed by atoms with Crippen molar-refractivity contribution in [1.29, 1.82) is 0 Å². The number of anilines is 3. The van der Waals surface area contributed by atoms with Crippen LogP contribution in [0.1, 0.15) is 0 Å². The number of fused-ring (bicyclic) bond motifs is 11. The van der Waals surface area contributed by atoms with E-state index in [0.29, 0.717) is 0 Å². The van der Waals surface area contributed by atoms with Gasteiger partial charge in [0.1, 0.15) is 0 Å². The van der Waals surface area contributed by atoms with Gasteiger partial charge in [0.25, 0.3) is 0 Å². The van der Waals surface area contributed by atoms with Crippen molar-refractivity contribution in [2.75, 3.05) is 4.90 Å². The van der Waals surface area contributed by atoms with Crippen molar-refractivity contribution in [3.63, 3.8) is 0 Å². The van der Waals surface area contributed by atoms with Crippen LogP contribution in [-0.2, 0) is 0 Å². The molecule has 1 aromatic heterocycles. The molecule has 0 aliphatic heterocycles. The molecule has 0 spiro atoms. The van der Waals surface area contributed by atoms with Crippen LogP contribution in [0, 0.1) is 0 Å². The zero-order chi connectivity index (χ0) is 27.6. The Labute approximate surface area is 247 Å². The molecule has 9 aromatic rings. The lowest BCUT2D eigenvalue weighted by atomic mass is 9.97. The van der Waals surface area contributed by atoms with Crippen LogP contribution < -0.4 is 4.90 Å². The molecule has 0 bridgehead atoms. The summed E-state index contributed by atoms with van der Waals surface area (Å²) in [5.41, 5.74) is 3.51. The topological polar surface area (TPSA) is 3.24 Å². The summed E-state index contributed by atoms with van der Waals surface area (Å²) in [5, 5.41) is 13.0. The maximum Gasteiger partial charge on any atom is 0.0640 e. The SMILES string of the molecule is c1ccc(N(c2ccc3c(ccc4ccccc43)c2)c2cccc3c2sc2c4ccccc4c4ccccc4c32)cc1. The molecule has 0 aliphatic carbocycles. The Morgan fingerprint density at radius 2 is 0.976 bits per heavy atom. The molecule has 196 valence electrons. The number of hydrogen-bond acceptors (Lipinski definition) is 2. The Morgan fingerprint density at radius 3 is 1.81 bits per heavy atom. The first-order valence-electron chi connectivity index (χ1n) is 14.4. The number of nitrogens with zero attached hydrogens (tertiary/aromatic N) is 1. The van der Waals surface area contributed by atoms with E-state index in [1.165, 1.54) is 68.9 Å². The Balaban J connectivity index is 1.36. The first-order valence-corrected chi connectivity index (χ1v) is 15.2. The van der Waals surface area contributed by atoms with E-state index in [-0.39, 0.29) is 0 Å². The molecular formula is C40H25NS. The molecule has 2 heteroatoms. The number of hydrogen-bond donors (Lipinski definition) is 0. The molecular weight excluding hydrogens is 527 g/mol. The summed E-state index contributed by atoms with van der Waals surface area (Å²) in [6.07, 6.45) is 0. The number of rotatable bonds is 3. The van der Waals surface area contributed by atoms with Crippen LogP contribution in [0.3, 0.4) is 0 Å². The van der Waals surface area contributed by atoms with Crippen molar-refractivity contribution in [3.05, 3.63) is 152 Å². The summed E-state index contributed by atoms with van der Waals surface area (Å²) in [6.45, 7) is 0. The minimum atomic E-state index is 1.15. The van der Waals surface area contributed by atoms with Gasteiger partial charge in [0.2, 0.25) is 0 Å². The Hall–Kier alpha value is -5.18. The molecule has 0 saturated heterocycles. The van der Waals surface area contributed by atoms with Crippen LogP contribution in [0.15, 0.2) is 152 Å². The molecule has 42 heavy (non-hydrogen) atoms. The summed E-state index contributed by atoms with van der Waals surface area (Å²) < 4.78 is 2.65. The van der Waals surface area contributed by atoms with Gasteiger partial charge in [-0.25, -0.2) is 0 Å². The first-order chi connectivity index (χ1) is 20.8. The van der Waals surface area contributed by atoms with Crippen LogP contribution in [0.25, 0.3) is 63.3 Å². The number of benzene rings is 8. The van der Waals surface area contributed by atoms with E-state index in [1.807, 2.05) is 11.3 Å². The number of para-hydroxylation sites is 1. The Kier molecular flexibility index (Phi) is 5.13. The predicted molar refractivity (Wildman–Crippen MR) is 184 cm³/mol. The van der Waals surface area contributed by atoms with Gasteiger partial charge >= 0.3 is 0 Å². The van der Waals surface area contributed by atoms with Gasteiger partial charge in [0.15, 0.2) is 0 Å². The molecule has 0 atom stereocenters. The van der Waals surface area contributed by atoms with Crippen molar-refractivity contribution in [2.24, 2.45) is 0 Å². The molecule has 0 N–H and O–H groups in total. The van der Waals surface area contributed by atoms with Gasteiger partial charge in [-0.3, -0.25) is 0 Å². The van der Waals surface area contributed by atoms with Crippen molar-refractivity contribution < 1.29 is 0 Å². The standard InChI is InChI=1S/C40H25NS/c1-2-12-28(13-3-1)41(29-23-24-31-27(25-29)22-21-26-11-4-5-14-30(26)31)37-20-10-19-36-38-34-17-8-6-15-32(34)33-16-7-9-18-35(33)40(38)42-39(36)37/h1-25H. The fourth-order valence-corrected chi connectivity index (χ4v) is 8.09. The van der Waals surface area contributed by atoms with Crippen LogP contribution in [-0.4, -0.2) is 0 Å². The van der Waals surface area contributed by atoms with Gasteiger partial charge in [0.05, 0.1) is 10.4 Å². The van der Waals surface area contributed by atoms with Crippen LogP contribution in [0.4, 0.5) is 17.1 Å². The second-order valence-electron chi connectivity index (χ2n) is 10.9. The third-order valence-corrected chi connectivity index (χ3v) is 9.86. The van der Waals surface area contributed by atoms with Crippen LogP contribution in [0.5, 0.6) is 0 Å². The number of thiophene rings is 1. The molecule has 8 aromatic carbocycles. The first kappa shape index (κ1) is 23.5. The Morgan fingerprint density at radius 1 is 0.357 bits per heavy atom. The van der Waals surface area contributed by atoms with E-state index in [2.05, 4.69) is 157 Å². The summed E-state index contributed by atoms with van der Waals surface area (Å²) >= 11 is 1.91. The van der Waals surface area contributed by atoms with Gasteiger partial charge in [-0.05, 0) is 68.0 Å². The van der Waals surface area contributed by atoms with Crippen molar-refractivity contribution >= 4 is 91.7 Å². The summed E-state index contributed by atoms with van der Waals surface area (Å²) in [5.74, 6) is 0. The molecule has 9 rings (SSSR count). The average Bonchev–Trinajstić information content (AvgIpc) is 3.46. The van der Waals surface area contributed by atoms with Crippen LogP contribution >= 0.6 is 11.3 Å². The van der Waals surface area contributed by atoms with Crippen molar-refractivity contribution in [3.8, 4) is 0 Å². The van der Waals surface area contributed by atoms with Crippen molar-refractivity contribution in [2.45, 2.75) is 0 Å². The second-order valence-corrected chi connectivity index (χ2v) is 11.9. The zero-order valence-corrected chi connectivity index (χ0v) is 23.6. The highest BCUT2D eigenvalue weighted by Gasteiger charge is 2.20. The van der Waals surface area contributed by atoms with Crippen molar-refractivity contribution in [1.82, 2.24) is 0 Å². The third kappa shape index (κ3) is 3.43. The summed E-state index contributed by atoms with van der Waals surface area (Å²) in [7, 11) is 0. The summed E-state index contributed by atoms with van der Waals surface area (Å²) in [4.78, 5) is 2.43. The lowest BCUT2D eigenvalue weighted by Gasteiger charge is -2.26. The maximum atomic E-state index is 2.43. The van der Waals surface area contributed by atoms with E-state index in [1.54, 1.807) is 0 Å². The molecule has 0 amide bonds. The van der Waals surface area contributed by atoms with Crippen LogP contribution in [0.2, 0.25) is 0 Å². The summed E-state index contributed by atoms with van der Waals surface area (Å²) in [6, 6.07) is 55.3. The minimum Gasteiger partial charge on any atom is -0.309 e. The molecule has 0 unspecified atom stereocenters. The van der Waals surface area contributed by atoms with Gasteiger partial charge in [0, 0.05) is 32.2 Å². The maximum absolute atomic E-state index is 2.43. The largest absolute Gasteiger partial charge is 0.309 e. The van der Waals surface area contributed by atoms with E-state index in [9.17, 15) is 0 Å². The van der Waals surface area contributed by atoms with Gasteiger partial charge in [-0.15, -0.1) is 11.3 Å². The fraction of sp³-hybridized carbons (Fsp3) is 0. The van der Waals surface area contributed by atoms with Gasteiger partial charge in [-0.2, -0.15) is 0 Å². The minimum absolute atomic E-state index is 1.15. The second kappa shape index (κ2) is 9.17. The molecule has 0 saturated carbocycles. The molecule has 0 fully saturated rings. The van der Waals surface area contributed by atoms with E-state index in [0.717, 1.165) is 11.4 Å². The van der Waals surface area contributed by atoms with E-state index in [4.69, 9.17) is 0 Å². The van der Waals surface area contributed by atoms with E-state index >= 15 is 0 Å². The molecule has 0 radical (unpaired) electrons. The highest BCUT2D eigenvalue weighted by molar-refractivity contribution is 7.27. The predicted octanol–water partition coefficient (Wildman–Crippen LogP) is 12.1. The lowest BCUT2D eigenvalue weighted by molar-refractivity contribution is 1.31. The highest BCUT2D eigenvalue weighted by Crippen LogP contribution is 2.49. The lowest BCUT2D eigenvalue weighted by Crippen LogP contribution is -2.09. The fourth-order valence-electron chi connectivity index (χ4n) is 6.73. The molecule has 1 nitrogen and oxygen atoms in total. The van der Waals surface area contributed by atoms with Gasteiger partial charge < -0.3 is 4.90 Å². The smallest absolute Gasteiger partial charge is 0.0640 e. The highest BCUT2D eigenvalue weighted by atomic mass is 32.1. The monoisotopic (exact) mass is 551 g/mol. The zero-order valence-electron chi connectivity index (χ0n) is 22.8.